The Morgan fingerprint density at radius 2 is 1.94 bits per heavy atom. The summed E-state index contributed by atoms with van der Waals surface area (Å²) in [6, 6.07) is 12.3. The maximum Gasteiger partial charge on any atom is 0.131 e. The van der Waals surface area contributed by atoms with Gasteiger partial charge in [-0.25, -0.2) is 0 Å². The average molecular weight is 228 g/mol. The van der Waals surface area contributed by atoms with Gasteiger partial charge in [-0.3, -0.25) is 0 Å². The molecule has 2 aromatic rings. The molecule has 1 unspecified atom stereocenters. The maximum atomic E-state index is 10.0. The van der Waals surface area contributed by atoms with Crippen LogP contribution in [-0.2, 0) is 6.42 Å². The lowest BCUT2D eigenvalue weighted by Gasteiger charge is -2.37. The molecule has 3 rings (SSSR count). The van der Waals surface area contributed by atoms with Gasteiger partial charge in [0.15, 0.2) is 0 Å². The molecule has 0 aromatic heterocycles. The number of rotatable bonds is 0. The Morgan fingerprint density at radius 1 is 1.18 bits per heavy atom. The van der Waals surface area contributed by atoms with Crippen LogP contribution in [0.5, 0.6) is 5.75 Å². The summed E-state index contributed by atoms with van der Waals surface area (Å²) in [6.45, 7) is 3.87. The monoisotopic (exact) mass is 228 g/mol. The largest absolute Gasteiger partial charge is 0.484 e. The van der Waals surface area contributed by atoms with E-state index in [4.69, 9.17) is 4.74 Å². The summed E-state index contributed by atoms with van der Waals surface area (Å²) in [5, 5.41) is 12.3. The maximum absolute atomic E-state index is 10.0. The van der Waals surface area contributed by atoms with Crippen LogP contribution in [0.25, 0.3) is 10.8 Å². The van der Waals surface area contributed by atoms with E-state index < -0.39 is 11.7 Å². The summed E-state index contributed by atoms with van der Waals surface area (Å²) in [4.78, 5) is 0. The number of ether oxygens (including phenoxy) is 1. The highest BCUT2D eigenvalue weighted by atomic mass is 16.5. The Labute approximate surface area is 101 Å². The summed E-state index contributed by atoms with van der Waals surface area (Å²) in [5.74, 6) is 0.929. The lowest BCUT2D eigenvalue weighted by Crippen LogP contribution is -2.46. The van der Waals surface area contributed by atoms with Crippen molar-refractivity contribution >= 4 is 10.8 Å². The molecule has 2 nitrogen and oxygen atoms in total. The van der Waals surface area contributed by atoms with Gasteiger partial charge >= 0.3 is 0 Å². The molecular weight excluding hydrogens is 212 g/mol. The summed E-state index contributed by atoms with van der Waals surface area (Å²) >= 11 is 0. The Balaban J connectivity index is 2.24. The molecule has 0 saturated carbocycles. The van der Waals surface area contributed by atoms with Crippen molar-refractivity contribution in [1.82, 2.24) is 0 Å². The van der Waals surface area contributed by atoms with Gasteiger partial charge in [0.05, 0.1) is 6.10 Å². The Bertz CT molecular complexity index is 572. The second-order valence-corrected chi connectivity index (χ2v) is 5.20. The van der Waals surface area contributed by atoms with Crippen LogP contribution in [0.2, 0.25) is 0 Å². The van der Waals surface area contributed by atoms with E-state index in [9.17, 15) is 5.11 Å². The molecule has 1 aliphatic heterocycles. The van der Waals surface area contributed by atoms with Crippen LogP contribution in [0.1, 0.15) is 19.4 Å². The minimum atomic E-state index is -0.517. The fraction of sp³-hybridized carbons (Fsp3) is 0.333. The Kier molecular flexibility index (Phi) is 2.17. The molecule has 2 heteroatoms. The van der Waals surface area contributed by atoms with Gasteiger partial charge in [-0.05, 0) is 24.8 Å². The van der Waals surface area contributed by atoms with Gasteiger partial charge in [-0.2, -0.15) is 0 Å². The van der Waals surface area contributed by atoms with Crippen molar-refractivity contribution < 1.29 is 9.84 Å². The lowest BCUT2D eigenvalue weighted by atomic mass is 9.89. The number of aliphatic hydroxyl groups is 1. The van der Waals surface area contributed by atoms with Crippen LogP contribution < -0.4 is 4.74 Å². The fourth-order valence-electron chi connectivity index (χ4n) is 2.35. The number of hydrogen-bond acceptors (Lipinski definition) is 2. The molecule has 1 aliphatic rings. The van der Waals surface area contributed by atoms with Gasteiger partial charge in [0.25, 0.3) is 0 Å². The molecule has 0 saturated heterocycles. The Morgan fingerprint density at radius 3 is 2.76 bits per heavy atom. The highest BCUT2D eigenvalue weighted by Gasteiger charge is 2.36. The van der Waals surface area contributed by atoms with Gasteiger partial charge in [-0.1, -0.05) is 36.4 Å². The first kappa shape index (κ1) is 10.6. The van der Waals surface area contributed by atoms with Crippen LogP contribution in [0.15, 0.2) is 36.4 Å². The molecule has 1 heterocycles. The predicted molar refractivity (Wildman–Crippen MR) is 68.4 cm³/mol. The number of aliphatic hydroxyl groups excluding tert-OH is 1. The summed E-state index contributed by atoms with van der Waals surface area (Å²) in [5.41, 5.74) is 0.576. The zero-order valence-corrected chi connectivity index (χ0v) is 10.1. The van der Waals surface area contributed by atoms with Crippen molar-refractivity contribution in [3.8, 4) is 5.75 Å². The third kappa shape index (κ3) is 1.60. The van der Waals surface area contributed by atoms with Gasteiger partial charge < -0.3 is 9.84 Å². The first-order chi connectivity index (χ1) is 8.08. The standard InChI is InChI=1S/C15H16O2/c1-15(2)13(16)9-11-8-7-10-5-3-4-6-12(10)14(11)17-15/h3-8,13,16H,9H2,1-2H3. The molecule has 1 atom stereocenters. The first-order valence-electron chi connectivity index (χ1n) is 5.95. The van der Waals surface area contributed by atoms with Crippen LogP contribution in [-0.4, -0.2) is 16.8 Å². The van der Waals surface area contributed by atoms with E-state index in [2.05, 4.69) is 24.3 Å². The number of fused-ring (bicyclic) bond motifs is 3. The molecule has 1 N–H and O–H groups in total. The lowest BCUT2D eigenvalue weighted by molar-refractivity contribution is -0.0400. The molecule has 0 fully saturated rings. The van der Waals surface area contributed by atoms with Crippen LogP contribution in [0.4, 0.5) is 0 Å². The number of benzene rings is 2. The molecule has 88 valence electrons. The van der Waals surface area contributed by atoms with Gasteiger partial charge in [0.1, 0.15) is 11.4 Å². The van der Waals surface area contributed by atoms with Gasteiger partial charge in [0.2, 0.25) is 0 Å². The molecule has 0 aliphatic carbocycles. The van der Waals surface area contributed by atoms with Crippen LogP contribution >= 0.6 is 0 Å². The van der Waals surface area contributed by atoms with Crippen molar-refractivity contribution in [2.75, 3.05) is 0 Å². The first-order valence-corrected chi connectivity index (χ1v) is 5.95. The SMILES string of the molecule is CC1(C)Oc2c(ccc3ccccc23)CC1O. The zero-order chi connectivity index (χ0) is 12.0. The topological polar surface area (TPSA) is 29.5 Å². The van der Waals surface area contributed by atoms with E-state index in [0.29, 0.717) is 6.42 Å². The van der Waals surface area contributed by atoms with E-state index in [0.717, 1.165) is 16.7 Å². The van der Waals surface area contributed by atoms with E-state index in [1.807, 2.05) is 26.0 Å². The van der Waals surface area contributed by atoms with E-state index >= 15 is 0 Å². The summed E-state index contributed by atoms with van der Waals surface area (Å²) in [6.07, 6.45) is 0.212. The average Bonchev–Trinajstić information content (AvgIpc) is 2.31. The molecule has 17 heavy (non-hydrogen) atoms. The highest BCUT2D eigenvalue weighted by Crippen LogP contribution is 2.38. The summed E-state index contributed by atoms with van der Waals surface area (Å²) in [7, 11) is 0. The number of hydrogen-bond donors (Lipinski definition) is 1. The fourth-order valence-corrected chi connectivity index (χ4v) is 2.35. The smallest absolute Gasteiger partial charge is 0.131 e. The van der Waals surface area contributed by atoms with Gasteiger partial charge in [-0.15, -0.1) is 0 Å². The van der Waals surface area contributed by atoms with E-state index in [1.54, 1.807) is 0 Å². The minimum Gasteiger partial charge on any atom is -0.484 e. The molecule has 0 spiro atoms. The third-order valence-electron chi connectivity index (χ3n) is 3.54. The minimum absolute atomic E-state index is 0.448. The van der Waals surface area contributed by atoms with Crippen molar-refractivity contribution in [2.45, 2.75) is 32.0 Å². The second-order valence-electron chi connectivity index (χ2n) is 5.20. The van der Waals surface area contributed by atoms with Crippen LogP contribution in [0, 0.1) is 0 Å². The van der Waals surface area contributed by atoms with Crippen molar-refractivity contribution in [3.05, 3.63) is 42.0 Å². The highest BCUT2D eigenvalue weighted by molar-refractivity contribution is 5.89. The zero-order valence-electron chi connectivity index (χ0n) is 10.1. The van der Waals surface area contributed by atoms with Crippen molar-refractivity contribution in [3.63, 3.8) is 0 Å². The quantitative estimate of drug-likeness (QED) is 0.751. The van der Waals surface area contributed by atoms with E-state index in [1.165, 1.54) is 5.39 Å². The summed E-state index contributed by atoms with van der Waals surface area (Å²) < 4.78 is 5.99. The molecule has 0 bridgehead atoms. The van der Waals surface area contributed by atoms with Crippen molar-refractivity contribution in [1.29, 1.82) is 0 Å². The third-order valence-corrected chi connectivity index (χ3v) is 3.54. The van der Waals surface area contributed by atoms with Gasteiger partial charge in [0, 0.05) is 11.8 Å². The van der Waals surface area contributed by atoms with E-state index in [-0.39, 0.29) is 0 Å². The molecular formula is C15H16O2. The molecule has 0 radical (unpaired) electrons. The molecule has 2 aromatic carbocycles. The van der Waals surface area contributed by atoms with Crippen LogP contribution in [0.3, 0.4) is 0 Å². The molecule has 0 amide bonds. The normalized spacial score (nSPS) is 21.9. The second kappa shape index (κ2) is 3.47. The predicted octanol–water partition coefficient (Wildman–Crippen LogP) is 2.91. The Hall–Kier alpha value is -1.54. The van der Waals surface area contributed by atoms with Crippen molar-refractivity contribution in [2.24, 2.45) is 0 Å².